The van der Waals surface area contributed by atoms with Gasteiger partial charge in [0, 0.05) is 36.7 Å². The van der Waals surface area contributed by atoms with Gasteiger partial charge in [0.25, 0.3) is 0 Å². The molecular weight excluding hydrogens is 416 g/mol. The van der Waals surface area contributed by atoms with Crippen LogP contribution in [0.1, 0.15) is 43.9 Å². The predicted molar refractivity (Wildman–Crippen MR) is 133 cm³/mol. The van der Waals surface area contributed by atoms with Gasteiger partial charge in [-0.1, -0.05) is 25.1 Å². The number of anilines is 1. The van der Waals surface area contributed by atoms with Crippen molar-refractivity contribution in [1.29, 1.82) is 0 Å². The van der Waals surface area contributed by atoms with Crippen LogP contribution in [-0.4, -0.2) is 48.1 Å². The highest BCUT2D eigenvalue weighted by molar-refractivity contribution is 6.05. The van der Waals surface area contributed by atoms with E-state index in [2.05, 4.69) is 41.1 Å². The molecule has 3 rings (SSSR count). The predicted octanol–water partition coefficient (Wildman–Crippen LogP) is 3.38. The van der Waals surface area contributed by atoms with Crippen LogP contribution in [-0.2, 0) is 4.79 Å². The van der Waals surface area contributed by atoms with Crippen molar-refractivity contribution in [3.8, 4) is 5.75 Å². The van der Waals surface area contributed by atoms with Crippen molar-refractivity contribution in [3.63, 3.8) is 0 Å². The molecule has 1 amide bonds. The first-order chi connectivity index (χ1) is 15.6. The first-order valence-corrected chi connectivity index (χ1v) is 11.5. The average Bonchev–Trinajstić information content (AvgIpc) is 2.75. The molecule has 0 aliphatic carbocycles. The second kappa shape index (κ2) is 10.8. The summed E-state index contributed by atoms with van der Waals surface area (Å²) in [6.45, 7) is 11.6. The molecule has 0 radical (unpaired) electrons. The van der Waals surface area contributed by atoms with Crippen LogP contribution < -0.4 is 20.8 Å². The number of nitrogens with one attached hydrogen (secondary N) is 3. The number of ether oxygens (including phenoxy) is 1. The van der Waals surface area contributed by atoms with Gasteiger partial charge in [-0.05, 0) is 68.7 Å². The SMILES string of the molecule is Cc1cc(C)cc(OCC(O)CNC(C)(C)CNc2ccc(C3=NNC(=O)CC3C)cc2)c1. The lowest BCUT2D eigenvalue weighted by Gasteiger charge is -2.28. The minimum Gasteiger partial charge on any atom is -0.491 e. The molecule has 2 unspecified atom stereocenters. The summed E-state index contributed by atoms with van der Waals surface area (Å²) in [4.78, 5) is 11.4. The number of hydrazone groups is 1. The number of hydrogen-bond donors (Lipinski definition) is 4. The van der Waals surface area contributed by atoms with Gasteiger partial charge in [-0.25, -0.2) is 5.43 Å². The normalized spacial score (nSPS) is 17.2. The number of carbonyl (C=O) groups is 1. The van der Waals surface area contributed by atoms with Gasteiger partial charge >= 0.3 is 0 Å². The first kappa shape index (κ1) is 24.7. The van der Waals surface area contributed by atoms with E-state index in [1.54, 1.807) is 0 Å². The molecule has 1 aliphatic heterocycles. The Kier molecular flexibility index (Phi) is 8.10. The Morgan fingerprint density at radius 3 is 2.48 bits per heavy atom. The van der Waals surface area contributed by atoms with Crippen molar-refractivity contribution < 1.29 is 14.6 Å². The summed E-state index contributed by atoms with van der Waals surface area (Å²) >= 11 is 0. The van der Waals surface area contributed by atoms with Crippen molar-refractivity contribution in [2.75, 3.05) is 25.0 Å². The number of rotatable bonds is 10. The fourth-order valence-electron chi connectivity index (χ4n) is 3.81. The Balaban J connectivity index is 1.44. The van der Waals surface area contributed by atoms with Gasteiger partial charge in [-0.2, -0.15) is 5.10 Å². The molecule has 2 aromatic carbocycles. The van der Waals surface area contributed by atoms with E-state index in [1.165, 1.54) is 0 Å². The maximum absolute atomic E-state index is 11.4. The molecule has 0 aromatic heterocycles. The zero-order chi connectivity index (χ0) is 24.0. The van der Waals surface area contributed by atoms with Gasteiger partial charge in [-0.15, -0.1) is 0 Å². The smallest absolute Gasteiger partial charge is 0.240 e. The summed E-state index contributed by atoms with van der Waals surface area (Å²) < 4.78 is 5.76. The summed E-state index contributed by atoms with van der Waals surface area (Å²) in [7, 11) is 0. The van der Waals surface area contributed by atoms with E-state index in [1.807, 2.05) is 57.2 Å². The molecule has 0 spiro atoms. The summed E-state index contributed by atoms with van der Waals surface area (Å²) in [6.07, 6.45) is -0.150. The third-order valence-electron chi connectivity index (χ3n) is 5.63. The minimum atomic E-state index is -0.608. The van der Waals surface area contributed by atoms with Crippen LogP contribution >= 0.6 is 0 Å². The maximum Gasteiger partial charge on any atom is 0.240 e. The number of amides is 1. The summed E-state index contributed by atoms with van der Waals surface area (Å²) in [6, 6.07) is 14.1. The average molecular weight is 453 g/mol. The number of aliphatic hydroxyl groups is 1. The Hall–Kier alpha value is -2.90. The largest absolute Gasteiger partial charge is 0.491 e. The monoisotopic (exact) mass is 452 g/mol. The highest BCUT2D eigenvalue weighted by atomic mass is 16.5. The Morgan fingerprint density at radius 1 is 1.18 bits per heavy atom. The van der Waals surface area contributed by atoms with E-state index >= 15 is 0 Å². The van der Waals surface area contributed by atoms with E-state index in [0.29, 0.717) is 19.5 Å². The highest BCUT2D eigenvalue weighted by Crippen LogP contribution is 2.19. The third-order valence-corrected chi connectivity index (χ3v) is 5.63. The van der Waals surface area contributed by atoms with Crippen molar-refractivity contribution in [3.05, 3.63) is 59.2 Å². The minimum absolute atomic E-state index is 0.0405. The molecule has 4 N–H and O–H groups in total. The molecule has 1 aliphatic rings. The number of hydrogen-bond acceptors (Lipinski definition) is 6. The number of β-amino-alcohol motifs (C(OH)–C–C–N with tert-alkyl or cyclic N) is 1. The van der Waals surface area contributed by atoms with Gasteiger partial charge in [0.2, 0.25) is 5.91 Å². The summed E-state index contributed by atoms with van der Waals surface area (Å²) in [5.41, 5.74) is 7.54. The lowest BCUT2D eigenvalue weighted by molar-refractivity contribution is -0.121. The number of aliphatic hydroxyl groups excluding tert-OH is 1. The molecule has 7 heteroatoms. The van der Waals surface area contributed by atoms with Crippen LogP contribution in [0.3, 0.4) is 0 Å². The number of carbonyl (C=O) groups excluding carboxylic acids is 1. The summed E-state index contributed by atoms with van der Waals surface area (Å²) in [5, 5.41) is 21.4. The summed E-state index contributed by atoms with van der Waals surface area (Å²) in [5.74, 6) is 0.846. The van der Waals surface area contributed by atoms with Crippen LogP contribution in [0.25, 0.3) is 0 Å². The molecule has 0 saturated heterocycles. The number of nitrogens with zero attached hydrogens (tertiary/aromatic N) is 1. The maximum atomic E-state index is 11.4. The zero-order valence-corrected chi connectivity index (χ0v) is 20.2. The first-order valence-electron chi connectivity index (χ1n) is 11.5. The van der Waals surface area contributed by atoms with Crippen molar-refractivity contribution >= 4 is 17.3 Å². The van der Waals surface area contributed by atoms with E-state index in [-0.39, 0.29) is 24.0 Å². The van der Waals surface area contributed by atoms with Gasteiger partial charge in [0.05, 0.1) is 5.71 Å². The van der Waals surface area contributed by atoms with Crippen LogP contribution in [0.5, 0.6) is 5.75 Å². The topological polar surface area (TPSA) is 95.0 Å². The van der Waals surface area contributed by atoms with Gasteiger partial charge in [0.15, 0.2) is 0 Å². The molecule has 178 valence electrons. The Labute approximate surface area is 196 Å². The highest BCUT2D eigenvalue weighted by Gasteiger charge is 2.22. The van der Waals surface area contributed by atoms with Gasteiger partial charge in [-0.3, -0.25) is 4.79 Å². The second-order valence-corrected chi connectivity index (χ2v) is 9.62. The van der Waals surface area contributed by atoms with Crippen molar-refractivity contribution in [2.45, 2.75) is 52.7 Å². The molecule has 2 aromatic rings. The quantitative estimate of drug-likeness (QED) is 0.443. The van der Waals surface area contributed by atoms with Gasteiger partial charge < -0.3 is 20.5 Å². The molecule has 1 heterocycles. The number of benzene rings is 2. The molecule has 2 atom stereocenters. The van der Waals surface area contributed by atoms with Gasteiger partial charge in [0.1, 0.15) is 18.5 Å². The number of aryl methyl sites for hydroxylation is 2. The lowest BCUT2D eigenvalue weighted by Crippen LogP contribution is -2.49. The van der Waals surface area contributed by atoms with E-state index in [9.17, 15) is 9.90 Å². The molecule has 0 bridgehead atoms. The fraction of sp³-hybridized carbons (Fsp3) is 0.462. The van der Waals surface area contributed by atoms with E-state index < -0.39 is 6.10 Å². The molecular formula is C26H36N4O3. The van der Waals surface area contributed by atoms with Crippen molar-refractivity contribution in [2.24, 2.45) is 11.0 Å². The standard InChI is InChI=1S/C26H36N4O3/c1-17-10-18(2)12-23(11-17)33-15-22(31)14-28-26(4,5)16-27-21-8-6-20(7-9-21)25-19(3)13-24(32)29-30-25/h6-12,19,22,27-28,31H,13-16H2,1-5H3,(H,29,32). The molecule has 7 nitrogen and oxygen atoms in total. The molecule has 33 heavy (non-hydrogen) atoms. The van der Waals surface area contributed by atoms with Crippen LogP contribution in [0.4, 0.5) is 5.69 Å². The second-order valence-electron chi connectivity index (χ2n) is 9.62. The zero-order valence-electron chi connectivity index (χ0n) is 20.2. The molecule has 0 fully saturated rings. The van der Waals surface area contributed by atoms with E-state index in [0.717, 1.165) is 33.8 Å². The Bertz CT molecular complexity index is 965. The molecule has 0 saturated carbocycles. The van der Waals surface area contributed by atoms with Crippen LogP contribution in [0, 0.1) is 19.8 Å². The lowest BCUT2D eigenvalue weighted by atomic mass is 9.94. The van der Waals surface area contributed by atoms with Crippen LogP contribution in [0.15, 0.2) is 47.6 Å². The van der Waals surface area contributed by atoms with E-state index in [4.69, 9.17) is 4.74 Å². The Morgan fingerprint density at radius 2 is 1.85 bits per heavy atom. The van der Waals surface area contributed by atoms with Crippen LogP contribution in [0.2, 0.25) is 0 Å². The fourth-order valence-corrected chi connectivity index (χ4v) is 3.81. The van der Waals surface area contributed by atoms with Crippen molar-refractivity contribution in [1.82, 2.24) is 10.7 Å². The third kappa shape index (κ3) is 7.58.